The summed E-state index contributed by atoms with van der Waals surface area (Å²) in [6.07, 6.45) is 1.74. The van der Waals surface area contributed by atoms with Crippen molar-refractivity contribution in [3.63, 3.8) is 0 Å². The minimum atomic E-state index is -0.116. The number of carbonyl (C=O) groups is 1. The fraction of sp³-hybridized carbons (Fsp3) is 0.368. The molecule has 0 spiro atoms. The third-order valence-corrected chi connectivity index (χ3v) is 4.30. The molecule has 0 unspecified atom stereocenters. The molecule has 6 nitrogen and oxygen atoms in total. The summed E-state index contributed by atoms with van der Waals surface area (Å²) in [7, 11) is 1.62. The quantitative estimate of drug-likeness (QED) is 0.782. The highest BCUT2D eigenvalue weighted by Gasteiger charge is 2.24. The highest BCUT2D eigenvalue weighted by atomic mass is 16.5. The van der Waals surface area contributed by atoms with Gasteiger partial charge in [-0.15, -0.1) is 0 Å². The van der Waals surface area contributed by atoms with Crippen molar-refractivity contribution in [2.45, 2.75) is 6.04 Å². The van der Waals surface area contributed by atoms with Gasteiger partial charge in [-0.05, 0) is 17.7 Å². The number of aromatic nitrogens is 1. The zero-order chi connectivity index (χ0) is 17.5. The van der Waals surface area contributed by atoms with E-state index < -0.39 is 0 Å². The first-order valence-corrected chi connectivity index (χ1v) is 8.55. The predicted molar refractivity (Wildman–Crippen MR) is 97.8 cm³/mol. The Bertz CT molecular complexity index is 693. The third-order valence-electron chi connectivity index (χ3n) is 4.30. The van der Waals surface area contributed by atoms with Crippen LogP contribution in [0.25, 0.3) is 0 Å². The molecule has 1 aromatic heterocycles. The van der Waals surface area contributed by atoms with Crippen LogP contribution in [0.4, 0.5) is 5.82 Å². The molecule has 1 fully saturated rings. The second-order valence-corrected chi connectivity index (χ2v) is 5.99. The minimum Gasteiger partial charge on any atom is -0.383 e. The maximum absolute atomic E-state index is 12.5. The number of carbonyl (C=O) groups excluding carboxylic acids is 1. The van der Waals surface area contributed by atoms with Crippen LogP contribution in [0.15, 0.2) is 48.7 Å². The molecule has 0 aliphatic carbocycles. The average Bonchev–Trinajstić information content (AvgIpc) is 2.69. The molecular formula is C19H24N4O2. The molecule has 0 bridgehead atoms. The first-order chi connectivity index (χ1) is 12.3. The fourth-order valence-electron chi connectivity index (χ4n) is 3.04. The van der Waals surface area contributed by atoms with Gasteiger partial charge in [0.1, 0.15) is 5.82 Å². The van der Waals surface area contributed by atoms with Crippen molar-refractivity contribution in [2.75, 3.05) is 44.8 Å². The summed E-state index contributed by atoms with van der Waals surface area (Å²) in [6.45, 7) is 3.42. The van der Waals surface area contributed by atoms with Gasteiger partial charge in [-0.1, -0.05) is 30.3 Å². The van der Waals surface area contributed by atoms with Crippen molar-refractivity contribution < 1.29 is 9.53 Å². The highest BCUT2D eigenvalue weighted by Crippen LogP contribution is 2.23. The maximum Gasteiger partial charge on any atom is 0.255 e. The highest BCUT2D eigenvalue weighted by molar-refractivity contribution is 5.98. The normalized spacial score (nSPS) is 17.3. The number of methoxy groups -OCH3 is 1. The van der Waals surface area contributed by atoms with Crippen LogP contribution in [-0.4, -0.2) is 50.8 Å². The van der Waals surface area contributed by atoms with E-state index in [1.54, 1.807) is 19.4 Å². The van der Waals surface area contributed by atoms with Crippen molar-refractivity contribution in [3.05, 3.63) is 59.8 Å². The summed E-state index contributed by atoms with van der Waals surface area (Å²) in [5.74, 6) is 0.620. The summed E-state index contributed by atoms with van der Waals surface area (Å²) in [6, 6.07) is 14.2. The molecule has 25 heavy (non-hydrogen) atoms. The molecule has 2 aromatic rings. The Morgan fingerprint density at radius 2 is 2.16 bits per heavy atom. The van der Waals surface area contributed by atoms with Crippen LogP contribution >= 0.6 is 0 Å². The molecule has 1 aliphatic rings. The number of hydrogen-bond donors (Lipinski definition) is 2. The van der Waals surface area contributed by atoms with Crippen molar-refractivity contribution >= 4 is 11.7 Å². The van der Waals surface area contributed by atoms with Crippen LogP contribution in [0.2, 0.25) is 0 Å². The molecule has 1 aliphatic heterocycles. The maximum atomic E-state index is 12.5. The van der Waals surface area contributed by atoms with E-state index in [1.165, 1.54) is 5.56 Å². The number of piperazine rings is 1. The van der Waals surface area contributed by atoms with E-state index in [4.69, 9.17) is 4.74 Å². The van der Waals surface area contributed by atoms with Gasteiger partial charge >= 0.3 is 0 Å². The van der Waals surface area contributed by atoms with Gasteiger partial charge in [0.15, 0.2) is 0 Å². The molecule has 0 saturated carbocycles. The number of hydrogen-bond acceptors (Lipinski definition) is 5. The van der Waals surface area contributed by atoms with E-state index in [1.807, 2.05) is 24.3 Å². The molecule has 1 saturated heterocycles. The summed E-state index contributed by atoms with van der Waals surface area (Å²) >= 11 is 0. The second kappa shape index (κ2) is 8.60. The van der Waals surface area contributed by atoms with E-state index in [9.17, 15) is 4.79 Å². The van der Waals surface area contributed by atoms with Gasteiger partial charge in [0.25, 0.3) is 5.91 Å². The lowest BCUT2D eigenvalue weighted by atomic mass is 10.0. The number of ether oxygens (including phenoxy) is 1. The van der Waals surface area contributed by atoms with Gasteiger partial charge in [-0.3, -0.25) is 4.79 Å². The number of rotatable bonds is 6. The summed E-state index contributed by atoms with van der Waals surface area (Å²) < 4.78 is 4.99. The minimum absolute atomic E-state index is 0.116. The van der Waals surface area contributed by atoms with Crippen LogP contribution < -0.4 is 15.5 Å². The molecule has 1 amide bonds. The number of amides is 1. The second-order valence-electron chi connectivity index (χ2n) is 5.99. The fourth-order valence-corrected chi connectivity index (χ4v) is 3.04. The predicted octanol–water partition coefficient (Wildman–Crippen LogP) is 1.61. The Labute approximate surface area is 148 Å². The van der Waals surface area contributed by atoms with E-state index >= 15 is 0 Å². The zero-order valence-electron chi connectivity index (χ0n) is 14.4. The Hall–Kier alpha value is -2.44. The molecule has 1 atom stereocenters. The molecule has 132 valence electrons. The van der Waals surface area contributed by atoms with Crippen LogP contribution in [0, 0.1) is 0 Å². The molecule has 0 radical (unpaired) electrons. The molecule has 2 heterocycles. The summed E-state index contributed by atoms with van der Waals surface area (Å²) in [5.41, 5.74) is 1.85. The van der Waals surface area contributed by atoms with E-state index in [-0.39, 0.29) is 11.9 Å². The topological polar surface area (TPSA) is 66.5 Å². The first-order valence-electron chi connectivity index (χ1n) is 8.55. The Morgan fingerprint density at radius 3 is 2.96 bits per heavy atom. The first kappa shape index (κ1) is 17.4. The van der Waals surface area contributed by atoms with Crippen molar-refractivity contribution in [3.8, 4) is 0 Å². The molecular weight excluding hydrogens is 316 g/mol. The van der Waals surface area contributed by atoms with E-state index in [0.29, 0.717) is 18.7 Å². The van der Waals surface area contributed by atoms with Crippen molar-refractivity contribution in [1.29, 1.82) is 0 Å². The van der Waals surface area contributed by atoms with Crippen LogP contribution in [-0.2, 0) is 4.74 Å². The van der Waals surface area contributed by atoms with Crippen LogP contribution in [0.5, 0.6) is 0 Å². The van der Waals surface area contributed by atoms with E-state index in [2.05, 4.69) is 32.7 Å². The van der Waals surface area contributed by atoms with Crippen molar-refractivity contribution in [1.82, 2.24) is 15.6 Å². The van der Waals surface area contributed by atoms with E-state index in [0.717, 1.165) is 25.5 Å². The monoisotopic (exact) mass is 340 g/mol. The summed E-state index contributed by atoms with van der Waals surface area (Å²) in [5, 5.41) is 6.42. The Balaban J connectivity index is 1.76. The standard InChI is InChI=1S/C19H24N4O2/c1-25-13-11-22-19(24)16-8-5-9-21-18(16)23-12-10-20-17(14-23)15-6-3-2-4-7-15/h2-9,17,20H,10-14H2,1H3,(H,22,24)/t17-/m1/s1. The van der Waals surface area contributed by atoms with Crippen LogP contribution in [0.1, 0.15) is 22.0 Å². The van der Waals surface area contributed by atoms with Gasteiger partial charge in [-0.25, -0.2) is 4.98 Å². The lowest BCUT2D eigenvalue weighted by Crippen LogP contribution is -2.47. The van der Waals surface area contributed by atoms with Gasteiger partial charge in [0, 0.05) is 45.5 Å². The summed E-state index contributed by atoms with van der Waals surface area (Å²) in [4.78, 5) is 19.2. The van der Waals surface area contributed by atoms with Crippen LogP contribution in [0.3, 0.4) is 0 Å². The number of anilines is 1. The zero-order valence-corrected chi connectivity index (χ0v) is 14.4. The SMILES string of the molecule is COCCNC(=O)c1cccnc1N1CCN[C@@H](c2ccccc2)C1. The number of pyridine rings is 1. The lowest BCUT2D eigenvalue weighted by molar-refractivity contribution is 0.0937. The third kappa shape index (κ3) is 4.35. The smallest absolute Gasteiger partial charge is 0.255 e. The molecule has 3 rings (SSSR count). The molecule has 1 aromatic carbocycles. The van der Waals surface area contributed by atoms with Gasteiger partial charge in [-0.2, -0.15) is 0 Å². The van der Waals surface area contributed by atoms with Gasteiger partial charge < -0.3 is 20.3 Å². The van der Waals surface area contributed by atoms with Gasteiger partial charge in [0.2, 0.25) is 0 Å². The molecule has 6 heteroatoms. The number of nitrogens with one attached hydrogen (secondary N) is 2. The Morgan fingerprint density at radius 1 is 1.32 bits per heavy atom. The molecule has 2 N–H and O–H groups in total. The number of nitrogens with zero attached hydrogens (tertiary/aromatic N) is 2. The largest absolute Gasteiger partial charge is 0.383 e. The lowest BCUT2D eigenvalue weighted by Gasteiger charge is -2.35. The number of benzene rings is 1. The average molecular weight is 340 g/mol. The Kier molecular flexibility index (Phi) is 5.98. The van der Waals surface area contributed by atoms with Crippen molar-refractivity contribution in [2.24, 2.45) is 0 Å². The van der Waals surface area contributed by atoms with Gasteiger partial charge in [0.05, 0.1) is 12.2 Å².